The van der Waals surface area contributed by atoms with E-state index in [0.717, 1.165) is 13.1 Å². The first-order chi connectivity index (χ1) is 13.4. The van der Waals surface area contributed by atoms with Crippen molar-refractivity contribution in [1.29, 1.82) is 0 Å². The van der Waals surface area contributed by atoms with Gasteiger partial charge in [-0.05, 0) is 40.8 Å². The van der Waals surface area contributed by atoms with Gasteiger partial charge in [0.05, 0.1) is 0 Å². The van der Waals surface area contributed by atoms with Gasteiger partial charge in [-0.1, -0.05) is 66.7 Å². The molecule has 0 N–H and O–H groups in total. The van der Waals surface area contributed by atoms with Crippen molar-refractivity contribution in [3.8, 4) is 22.3 Å². The highest BCUT2D eigenvalue weighted by atomic mass is 15.1. The van der Waals surface area contributed by atoms with Crippen molar-refractivity contribution in [2.24, 2.45) is 0 Å². The lowest BCUT2D eigenvalue weighted by Crippen LogP contribution is -2.18. The minimum atomic E-state index is 1.13. The molecule has 0 aliphatic carbocycles. The van der Waals surface area contributed by atoms with E-state index < -0.39 is 0 Å². The molecular weight excluding hydrogens is 328 g/mol. The van der Waals surface area contributed by atoms with E-state index in [1.54, 1.807) is 0 Å². The molecule has 1 aliphatic heterocycles. The zero-order chi connectivity index (χ0) is 18.1. The van der Waals surface area contributed by atoms with E-state index in [9.17, 15) is 0 Å². The average molecular weight is 350 g/mol. The second-order valence-corrected chi connectivity index (χ2v) is 7.16. The van der Waals surface area contributed by atoms with Gasteiger partial charge in [-0.3, -0.25) is 4.98 Å². The molecule has 0 spiro atoms. The molecule has 4 aromatic rings. The van der Waals surface area contributed by atoms with E-state index in [4.69, 9.17) is 0 Å². The van der Waals surface area contributed by atoms with Crippen LogP contribution >= 0.6 is 0 Å². The van der Waals surface area contributed by atoms with Crippen LogP contribution in [-0.2, 0) is 0 Å². The van der Waals surface area contributed by atoms with Crippen molar-refractivity contribution < 1.29 is 0 Å². The maximum Gasteiger partial charge on any atom is 0.0477 e. The van der Waals surface area contributed by atoms with Crippen LogP contribution in [0.2, 0.25) is 0 Å². The fourth-order valence-corrected chi connectivity index (χ4v) is 4.23. The molecule has 0 saturated carbocycles. The summed E-state index contributed by atoms with van der Waals surface area (Å²) >= 11 is 0. The van der Waals surface area contributed by atoms with E-state index in [1.165, 1.54) is 51.6 Å². The third-order valence-corrected chi connectivity index (χ3v) is 5.53. The van der Waals surface area contributed by atoms with Crippen LogP contribution < -0.4 is 4.90 Å². The van der Waals surface area contributed by atoms with Gasteiger partial charge in [0, 0.05) is 42.3 Å². The van der Waals surface area contributed by atoms with Gasteiger partial charge in [0.2, 0.25) is 0 Å². The Morgan fingerprint density at radius 2 is 1.48 bits per heavy atom. The van der Waals surface area contributed by atoms with Crippen molar-refractivity contribution in [1.82, 2.24) is 4.98 Å². The number of aromatic nitrogens is 1. The molecule has 27 heavy (non-hydrogen) atoms. The number of pyridine rings is 1. The first kappa shape index (κ1) is 16.1. The van der Waals surface area contributed by atoms with E-state index in [-0.39, 0.29) is 0 Å². The summed E-state index contributed by atoms with van der Waals surface area (Å²) in [5.74, 6) is 0. The van der Waals surface area contributed by atoms with Gasteiger partial charge in [-0.2, -0.15) is 0 Å². The molecule has 2 nitrogen and oxygen atoms in total. The van der Waals surface area contributed by atoms with Crippen LogP contribution in [0.1, 0.15) is 12.8 Å². The average Bonchev–Trinajstić information content (AvgIpc) is 3.28. The van der Waals surface area contributed by atoms with Gasteiger partial charge in [-0.25, -0.2) is 0 Å². The zero-order valence-corrected chi connectivity index (χ0v) is 15.3. The maximum absolute atomic E-state index is 4.51. The Morgan fingerprint density at radius 1 is 0.704 bits per heavy atom. The summed E-state index contributed by atoms with van der Waals surface area (Å²) in [5, 5.41) is 2.55. The summed E-state index contributed by atoms with van der Waals surface area (Å²) in [5.41, 5.74) is 6.33. The Balaban J connectivity index is 1.82. The van der Waals surface area contributed by atoms with E-state index >= 15 is 0 Å². The summed E-state index contributed by atoms with van der Waals surface area (Å²) in [7, 11) is 0. The Kier molecular flexibility index (Phi) is 4.10. The molecule has 0 bridgehead atoms. The minimum absolute atomic E-state index is 1.13. The molecule has 0 amide bonds. The van der Waals surface area contributed by atoms with Crippen LogP contribution in [-0.4, -0.2) is 18.1 Å². The van der Waals surface area contributed by atoms with Crippen LogP contribution in [0.15, 0.2) is 85.2 Å². The lowest BCUT2D eigenvalue weighted by molar-refractivity contribution is 0.949. The van der Waals surface area contributed by atoms with E-state index in [1.807, 2.05) is 12.4 Å². The van der Waals surface area contributed by atoms with Crippen LogP contribution in [0, 0.1) is 0 Å². The second-order valence-electron chi connectivity index (χ2n) is 7.16. The van der Waals surface area contributed by atoms with E-state index in [0.29, 0.717) is 0 Å². The molecule has 5 rings (SSSR count). The molecule has 2 heterocycles. The lowest BCUT2D eigenvalue weighted by atomic mass is 9.89. The summed E-state index contributed by atoms with van der Waals surface area (Å²) in [6.45, 7) is 2.25. The molecule has 0 unspecified atom stereocenters. The summed E-state index contributed by atoms with van der Waals surface area (Å²) in [4.78, 5) is 7.02. The van der Waals surface area contributed by atoms with Crippen LogP contribution in [0.5, 0.6) is 0 Å². The second kappa shape index (κ2) is 6.88. The van der Waals surface area contributed by atoms with Gasteiger partial charge in [0.1, 0.15) is 0 Å². The normalized spacial score (nSPS) is 14.0. The van der Waals surface area contributed by atoms with Gasteiger partial charge < -0.3 is 4.90 Å². The highest BCUT2D eigenvalue weighted by molar-refractivity contribution is 6.06. The molecule has 0 atom stereocenters. The highest BCUT2D eigenvalue weighted by Crippen LogP contribution is 2.42. The summed E-state index contributed by atoms with van der Waals surface area (Å²) in [6.07, 6.45) is 6.50. The SMILES string of the molecule is c1ccc(-c2ccc3ccccc3c2-c2cnccc2N2CCCC2)cc1. The fraction of sp³-hybridized carbons (Fsp3) is 0.160. The number of fused-ring (bicyclic) bond motifs is 1. The van der Waals surface area contributed by atoms with Crippen LogP contribution in [0.3, 0.4) is 0 Å². The predicted octanol–water partition coefficient (Wildman–Crippen LogP) is 6.17. The Morgan fingerprint density at radius 3 is 2.33 bits per heavy atom. The van der Waals surface area contributed by atoms with Crippen LogP contribution in [0.25, 0.3) is 33.0 Å². The summed E-state index contributed by atoms with van der Waals surface area (Å²) in [6, 6.07) is 26.0. The van der Waals surface area contributed by atoms with Crippen molar-refractivity contribution in [2.75, 3.05) is 18.0 Å². The molecule has 0 radical (unpaired) electrons. The van der Waals surface area contributed by atoms with Gasteiger partial charge in [-0.15, -0.1) is 0 Å². The molecule has 132 valence electrons. The maximum atomic E-state index is 4.51. The first-order valence-electron chi connectivity index (χ1n) is 9.68. The fourth-order valence-electron chi connectivity index (χ4n) is 4.23. The number of hydrogen-bond acceptors (Lipinski definition) is 2. The van der Waals surface area contributed by atoms with Gasteiger partial charge in [0.25, 0.3) is 0 Å². The topological polar surface area (TPSA) is 16.1 Å². The number of nitrogens with zero attached hydrogens (tertiary/aromatic N) is 2. The minimum Gasteiger partial charge on any atom is -0.371 e. The van der Waals surface area contributed by atoms with Crippen molar-refractivity contribution >= 4 is 16.5 Å². The van der Waals surface area contributed by atoms with Gasteiger partial charge >= 0.3 is 0 Å². The van der Waals surface area contributed by atoms with Gasteiger partial charge in [0.15, 0.2) is 0 Å². The molecule has 3 aromatic carbocycles. The van der Waals surface area contributed by atoms with Crippen LogP contribution in [0.4, 0.5) is 5.69 Å². The number of hydrogen-bond donors (Lipinski definition) is 0. The number of benzene rings is 3. The van der Waals surface area contributed by atoms with Crippen molar-refractivity contribution in [3.63, 3.8) is 0 Å². The Hall–Kier alpha value is -3.13. The highest BCUT2D eigenvalue weighted by Gasteiger charge is 2.20. The Labute approximate surface area is 160 Å². The van der Waals surface area contributed by atoms with Crippen molar-refractivity contribution in [2.45, 2.75) is 12.8 Å². The third kappa shape index (κ3) is 2.87. The zero-order valence-electron chi connectivity index (χ0n) is 15.3. The predicted molar refractivity (Wildman–Crippen MR) is 114 cm³/mol. The molecule has 1 saturated heterocycles. The largest absolute Gasteiger partial charge is 0.371 e. The van der Waals surface area contributed by atoms with Crippen molar-refractivity contribution in [3.05, 3.63) is 85.2 Å². The molecule has 1 aliphatic rings. The van der Waals surface area contributed by atoms with E-state index in [2.05, 4.69) is 82.7 Å². The summed E-state index contributed by atoms with van der Waals surface area (Å²) < 4.78 is 0. The monoisotopic (exact) mass is 350 g/mol. The Bertz CT molecular complexity index is 1080. The number of rotatable bonds is 3. The quantitative estimate of drug-likeness (QED) is 0.439. The number of anilines is 1. The third-order valence-electron chi connectivity index (χ3n) is 5.53. The molecule has 1 aromatic heterocycles. The standard InChI is InChI=1S/C25H22N2/c1-2-8-19(9-3-1)22-13-12-20-10-4-5-11-21(20)25(22)23-18-26-15-14-24(23)27-16-6-7-17-27/h1-5,8-15,18H,6-7,16-17H2. The molecule has 2 heteroatoms. The molecule has 1 fully saturated rings. The first-order valence-corrected chi connectivity index (χ1v) is 9.68. The molecular formula is C25H22N2. The smallest absolute Gasteiger partial charge is 0.0477 e. The lowest BCUT2D eigenvalue weighted by Gasteiger charge is -2.23.